The second-order valence-electron chi connectivity index (χ2n) is 3.34. The topological polar surface area (TPSA) is 37.3 Å². The van der Waals surface area contributed by atoms with Crippen LogP contribution in [0.2, 0.25) is 0 Å². The first-order valence-electron chi connectivity index (χ1n) is 4.29. The predicted octanol–water partition coefficient (Wildman–Crippen LogP) is 1.76. The standard InChI is InChI=1S/C9H18O2/c1-8(2)5-3-4-6-9(11)7-10/h8,10H,3-7H2,1-2H3. The van der Waals surface area contributed by atoms with E-state index in [1.54, 1.807) is 0 Å². The molecule has 0 saturated carbocycles. The molecule has 0 aliphatic rings. The Labute approximate surface area is 68.6 Å². The van der Waals surface area contributed by atoms with Crippen molar-refractivity contribution >= 4 is 5.78 Å². The van der Waals surface area contributed by atoms with Crippen molar-refractivity contribution < 1.29 is 9.90 Å². The average molecular weight is 158 g/mol. The van der Waals surface area contributed by atoms with Gasteiger partial charge in [-0.2, -0.15) is 0 Å². The molecule has 0 amide bonds. The van der Waals surface area contributed by atoms with Crippen molar-refractivity contribution in [1.29, 1.82) is 0 Å². The van der Waals surface area contributed by atoms with Gasteiger partial charge in [-0.25, -0.2) is 0 Å². The Morgan fingerprint density at radius 3 is 2.45 bits per heavy atom. The number of Topliss-reactive ketones (excluding diaryl/α,β-unsaturated/α-hetero) is 1. The minimum atomic E-state index is -0.290. The van der Waals surface area contributed by atoms with E-state index in [4.69, 9.17) is 5.11 Å². The lowest BCUT2D eigenvalue weighted by atomic mass is 10.0. The molecule has 0 rings (SSSR count). The molecule has 0 spiro atoms. The second kappa shape index (κ2) is 6.35. The molecular formula is C9H18O2. The zero-order chi connectivity index (χ0) is 8.69. The van der Waals surface area contributed by atoms with E-state index in [9.17, 15) is 4.79 Å². The van der Waals surface area contributed by atoms with Gasteiger partial charge in [0, 0.05) is 6.42 Å². The lowest BCUT2D eigenvalue weighted by Crippen LogP contribution is -2.02. The van der Waals surface area contributed by atoms with Crippen molar-refractivity contribution in [3.8, 4) is 0 Å². The Morgan fingerprint density at radius 2 is 2.00 bits per heavy atom. The lowest BCUT2D eigenvalue weighted by molar-refractivity contribution is -0.121. The largest absolute Gasteiger partial charge is 0.389 e. The summed E-state index contributed by atoms with van der Waals surface area (Å²) in [6.45, 7) is 4.06. The Morgan fingerprint density at radius 1 is 1.36 bits per heavy atom. The molecule has 0 radical (unpaired) electrons. The number of aliphatic hydroxyl groups is 1. The third-order valence-corrected chi connectivity index (χ3v) is 1.66. The molecule has 0 bridgehead atoms. The van der Waals surface area contributed by atoms with Crippen LogP contribution in [0.5, 0.6) is 0 Å². The summed E-state index contributed by atoms with van der Waals surface area (Å²) in [6, 6.07) is 0. The smallest absolute Gasteiger partial charge is 0.158 e. The highest BCUT2D eigenvalue weighted by molar-refractivity contribution is 5.79. The molecule has 0 aliphatic heterocycles. The molecule has 11 heavy (non-hydrogen) atoms. The fraction of sp³-hybridized carbons (Fsp3) is 0.889. The third kappa shape index (κ3) is 7.53. The van der Waals surface area contributed by atoms with Gasteiger partial charge in [-0.05, 0) is 12.3 Å². The summed E-state index contributed by atoms with van der Waals surface area (Å²) in [5.41, 5.74) is 0. The summed E-state index contributed by atoms with van der Waals surface area (Å²) in [5.74, 6) is 0.688. The van der Waals surface area contributed by atoms with Crippen LogP contribution in [0.1, 0.15) is 39.5 Å². The molecule has 0 atom stereocenters. The van der Waals surface area contributed by atoms with Crippen LogP contribution in [0.4, 0.5) is 0 Å². The summed E-state index contributed by atoms with van der Waals surface area (Å²) in [5, 5.41) is 8.39. The zero-order valence-electron chi connectivity index (χ0n) is 7.47. The van der Waals surface area contributed by atoms with Crippen molar-refractivity contribution in [2.45, 2.75) is 39.5 Å². The Balaban J connectivity index is 3.08. The Bertz CT molecular complexity index is 108. The quantitative estimate of drug-likeness (QED) is 0.598. The number of aliphatic hydroxyl groups excluding tert-OH is 1. The van der Waals surface area contributed by atoms with Crippen molar-refractivity contribution in [2.75, 3.05) is 6.61 Å². The molecule has 0 saturated heterocycles. The van der Waals surface area contributed by atoms with Gasteiger partial charge in [-0.3, -0.25) is 4.79 Å². The van der Waals surface area contributed by atoms with Crippen LogP contribution in [-0.4, -0.2) is 17.5 Å². The molecular weight excluding hydrogens is 140 g/mol. The van der Waals surface area contributed by atoms with Gasteiger partial charge in [-0.15, -0.1) is 0 Å². The summed E-state index contributed by atoms with van der Waals surface area (Å²) in [7, 11) is 0. The summed E-state index contributed by atoms with van der Waals surface area (Å²) in [6.07, 6.45) is 3.75. The van der Waals surface area contributed by atoms with E-state index >= 15 is 0 Å². The van der Waals surface area contributed by atoms with Gasteiger partial charge in [0.2, 0.25) is 0 Å². The lowest BCUT2D eigenvalue weighted by Gasteiger charge is -2.02. The normalized spacial score (nSPS) is 10.5. The monoisotopic (exact) mass is 158 g/mol. The van der Waals surface area contributed by atoms with Gasteiger partial charge in [0.25, 0.3) is 0 Å². The van der Waals surface area contributed by atoms with Crippen molar-refractivity contribution in [3.05, 3.63) is 0 Å². The molecule has 0 heterocycles. The third-order valence-electron chi connectivity index (χ3n) is 1.66. The van der Waals surface area contributed by atoms with Crippen LogP contribution in [0.15, 0.2) is 0 Å². The number of unbranched alkanes of at least 4 members (excludes halogenated alkanes) is 1. The number of hydrogen-bond acceptors (Lipinski definition) is 2. The Hall–Kier alpha value is -0.370. The molecule has 66 valence electrons. The predicted molar refractivity (Wildman–Crippen MR) is 45.4 cm³/mol. The van der Waals surface area contributed by atoms with Crippen LogP contribution in [0.25, 0.3) is 0 Å². The number of ketones is 1. The molecule has 0 aromatic heterocycles. The van der Waals surface area contributed by atoms with Gasteiger partial charge in [0.05, 0.1) is 0 Å². The molecule has 0 aromatic rings. The fourth-order valence-electron chi connectivity index (χ4n) is 0.954. The highest BCUT2D eigenvalue weighted by atomic mass is 16.3. The highest BCUT2D eigenvalue weighted by Gasteiger charge is 1.99. The van der Waals surface area contributed by atoms with E-state index in [2.05, 4.69) is 13.8 Å². The van der Waals surface area contributed by atoms with Gasteiger partial charge < -0.3 is 5.11 Å². The highest BCUT2D eigenvalue weighted by Crippen LogP contribution is 2.07. The molecule has 1 N–H and O–H groups in total. The first-order chi connectivity index (χ1) is 5.16. The zero-order valence-corrected chi connectivity index (χ0v) is 7.47. The molecule has 2 heteroatoms. The van der Waals surface area contributed by atoms with Crippen molar-refractivity contribution in [2.24, 2.45) is 5.92 Å². The summed E-state index contributed by atoms with van der Waals surface area (Å²) >= 11 is 0. The van der Waals surface area contributed by atoms with E-state index in [1.807, 2.05) is 0 Å². The number of hydrogen-bond donors (Lipinski definition) is 1. The van der Waals surface area contributed by atoms with Crippen LogP contribution < -0.4 is 0 Å². The summed E-state index contributed by atoms with van der Waals surface area (Å²) in [4.78, 5) is 10.6. The number of carbonyl (C=O) groups excluding carboxylic acids is 1. The first-order valence-corrected chi connectivity index (χ1v) is 4.29. The van der Waals surface area contributed by atoms with E-state index in [-0.39, 0.29) is 12.4 Å². The van der Waals surface area contributed by atoms with Crippen LogP contribution in [0, 0.1) is 5.92 Å². The minimum absolute atomic E-state index is 0.0336. The maximum absolute atomic E-state index is 10.6. The molecule has 0 aromatic carbocycles. The van der Waals surface area contributed by atoms with Crippen LogP contribution in [-0.2, 0) is 4.79 Å². The SMILES string of the molecule is CC(C)CCCCC(=O)CO. The molecule has 0 unspecified atom stereocenters. The first kappa shape index (κ1) is 10.6. The molecule has 0 fully saturated rings. The maximum atomic E-state index is 10.6. The molecule has 0 aliphatic carbocycles. The molecule has 2 nitrogen and oxygen atoms in total. The second-order valence-corrected chi connectivity index (χ2v) is 3.34. The van der Waals surface area contributed by atoms with Crippen LogP contribution >= 0.6 is 0 Å². The van der Waals surface area contributed by atoms with Gasteiger partial charge in [0.15, 0.2) is 5.78 Å². The fourth-order valence-corrected chi connectivity index (χ4v) is 0.954. The maximum Gasteiger partial charge on any atom is 0.158 e. The average Bonchev–Trinajstić information content (AvgIpc) is 1.97. The van der Waals surface area contributed by atoms with Gasteiger partial charge in [-0.1, -0.05) is 26.7 Å². The number of carbonyl (C=O) groups is 1. The van der Waals surface area contributed by atoms with Crippen molar-refractivity contribution in [1.82, 2.24) is 0 Å². The van der Waals surface area contributed by atoms with Gasteiger partial charge >= 0.3 is 0 Å². The van der Waals surface area contributed by atoms with E-state index < -0.39 is 0 Å². The van der Waals surface area contributed by atoms with Crippen molar-refractivity contribution in [3.63, 3.8) is 0 Å². The van der Waals surface area contributed by atoms with E-state index in [0.717, 1.165) is 18.8 Å². The number of rotatable bonds is 6. The van der Waals surface area contributed by atoms with E-state index in [0.29, 0.717) is 6.42 Å². The van der Waals surface area contributed by atoms with Crippen LogP contribution in [0.3, 0.4) is 0 Å². The minimum Gasteiger partial charge on any atom is -0.389 e. The van der Waals surface area contributed by atoms with E-state index in [1.165, 1.54) is 6.42 Å². The van der Waals surface area contributed by atoms with Gasteiger partial charge in [0.1, 0.15) is 6.61 Å². The summed E-state index contributed by atoms with van der Waals surface area (Å²) < 4.78 is 0. The Kier molecular flexibility index (Phi) is 6.13.